The van der Waals surface area contributed by atoms with Crippen molar-refractivity contribution in [2.24, 2.45) is 0 Å². The fraction of sp³-hybridized carbons (Fsp3) is 0.148. The van der Waals surface area contributed by atoms with Crippen LogP contribution in [0.2, 0.25) is 0 Å². The van der Waals surface area contributed by atoms with Gasteiger partial charge in [-0.25, -0.2) is 9.87 Å². The highest BCUT2D eigenvalue weighted by Gasteiger charge is 2.22. The Morgan fingerprint density at radius 1 is 0.973 bits per heavy atom. The summed E-state index contributed by atoms with van der Waals surface area (Å²) in [6.07, 6.45) is 3.63. The second kappa shape index (κ2) is 13.2. The zero-order valence-electron chi connectivity index (χ0n) is 19.9. The second-order valence-corrected chi connectivity index (χ2v) is 8.87. The van der Waals surface area contributed by atoms with Crippen molar-refractivity contribution in [2.75, 3.05) is 12.8 Å². The van der Waals surface area contributed by atoms with E-state index in [1.165, 1.54) is 41.9 Å². The monoisotopic (exact) mass is 523 g/mol. The fourth-order valence-electron chi connectivity index (χ4n) is 3.43. The van der Waals surface area contributed by atoms with Gasteiger partial charge in [0.15, 0.2) is 0 Å². The molecule has 3 amide bonds. The van der Waals surface area contributed by atoms with Crippen LogP contribution in [-0.4, -0.2) is 46.9 Å². The van der Waals surface area contributed by atoms with Crippen LogP contribution < -0.4 is 16.1 Å². The summed E-state index contributed by atoms with van der Waals surface area (Å²) in [5.41, 5.74) is 3.56. The molecule has 0 bridgehead atoms. The van der Waals surface area contributed by atoms with Crippen molar-refractivity contribution >= 4 is 41.1 Å². The lowest BCUT2D eigenvalue weighted by Crippen LogP contribution is -2.50. The average molecular weight is 524 g/mol. The molecule has 0 aromatic heterocycles. The van der Waals surface area contributed by atoms with E-state index in [-0.39, 0.29) is 17.7 Å². The van der Waals surface area contributed by atoms with Gasteiger partial charge in [0, 0.05) is 16.9 Å². The van der Waals surface area contributed by atoms with Gasteiger partial charge in [-0.1, -0.05) is 36.4 Å². The predicted octanol–water partition coefficient (Wildman–Crippen LogP) is 3.14. The topological polar surface area (TPSA) is 128 Å². The molecule has 192 valence electrons. The van der Waals surface area contributed by atoms with Crippen LogP contribution in [0.1, 0.15) is 16.7 Å². The van der Waals surface area contributed by atoms with Crippen LogP contribution in [0, 0.1) is 5.82 Å². The Morgan fingerprint density at radius 2 is 1.62 bits per heavy atom. The number of rotatable bonds is 10. The molecule has 1 unspecified atom stereocenters. The van der Waals surface area contributed by atoms with E-state index in [0.717, 1.165) is 10.5 Å². The molecule has 0 aliphatic heterocycles. The standard InChI is InChI=1S/C27H26FN3O5S/c1-37-22-12-4-17(5-13-22)14-23(19-6-8-20(28)9-7-19)26(34)29-16-25(33)30-24(27(35)31-36)15-18-2-10-21(32)11-3-18/h2-14,24,32,36H,15-16H2,1H3,(H,29,34)(H,30,33)(H,31,35)/b23-14-. The molecule has 5 N–H and O–H groups in total. The number of halogens is 1. The van der Waals surface area contributed by atoms with Crippen LogP contribution in [0.15, 0.2) is 77.7 Å². The van der Waals surface area contributed by atoms with Crippen LogP contribution >= 0.6 is 11.8 Å². The third kappa shape index (κ3) is 8.19. The summed E-state index contributed by atoms with van der Waals surface area (Å²) in [6, 6.07) is 17.8. The van der Waals surface area contributed by atoms with Gasteiger partial charge in [0.1, 0.15) is 17.6 Å². The quantitative estimate of drug-likeness (QED) is 0.0914. The van der Waals surface area contributed by atoms with Crippen LogP contribution in [-0.2, 0) is 20.8 Å². The Labute approximate surface area is 217 Å². The molecule has 1 atom stereocenters. The molecule has 0 spiro atoms. The summed E-state index contributed by atoms with van der Waals surface area (Å²) in [7, 11) is 0. The van der Waals surface area contributed by atoms with Crippen molar-refractivity contribution < 1.29 is 29.1 Å². The predicted molar refractivity (Wildman–Crippen MR) is 139 cm³/mol. The van der Waals surface area contributed by atoms with Gasteiger partial charge < -0.3 is 15.7 Å². The Hall–Kier alpha value is -4.15. The molecule has 3 aromatic carbocycles. The van der Waals surface area contributed by atoms with E-state index in [4.69, 9.17) is 5.21 Å². The molecule has 8 nitrogen and oxygen atoms in total. The Kier molecular flexibility index (Phi) is 9.82. The number of hydrogen-bond acceptors (Lipinski definition) is 6. The van der Waals surface area contributed by atoms with Crippen molar-refractivity contribution in [3.05, 3.63) is 95.3 Å². The first-order valence-electron chi connectivity index (χ1n) is 11.2. The van der Waals surface area contributed by atoms with E-state index in [9.17, 15) is 23.9 Å². The lowest BCUT2D eigenvalue weighted by molar-refractivity contribution is -0.134. The molecule has 3 aromatic rings. The Morgan fingerprint density at radius 3 is 2.22 bits per heavy atom. The summed E-state index contributed by atoms with van der Waals surface area (Å²) >= 11 is 1.58. The first kappa shape index (κ1) is 27.4. The van der Waals surface area contributed by atoms with Crippen molar-refractivity contribution in [3.8, 4) is 5.75 Å². The molecule has 0 aliphatic carbocycles. The van der Waals surface area contributed by atoms with Gasteiger partial charge in [0.2, 0.25) is 5.91 Å². The molecule has 3 rings (SSSR count). The molecule has 0 heterocycles. The number of carbonyl (C=O) groups excluding carboxylic acids is 3. The number of carbonyl (C=O) groups is 3. The highest BCUT2D eigenvalue weighted by atomic mass is 32.2. The fourth-order valence-corrected chi connectivity index (χ4v) is 3.84. The SMILES string of the molecule is CSc1ccc(/C=C(\C(=O)NCC(=O)NC(Cc2ccc(O)cc2)C(=O)NO)c2ccc(F)cc2)cc1. The van der Waals surface area contributed by atoms with Gasteiger partial charge in [0.25, 0.3) is 11.8 Å². The van der Waals surface area contributed by atoms with Crippen LogP contribution in [0.25, 0.3) is 11.6 Å². The Bertz CT molecular complexity index is 1260. The minimum absolute atomic E-state index is 0.0408. The lowest BCUT2D eigenvalue weighted by atomic mass is 10.0. The van der Waals surface area contributed by atoms with Crippen LogP contribution in [0.5, 0.6) is 5.75 Å². The maximum absolute atomic E-state index is 13.5. The second-order valence-electron chi connectivity index (χ2n) is 7.99. The number of nitrogens with one attached hydrogen (secondary N) is 3. The number of hydroxylamine groups is 1. The van der Waals surface area contributed by atoms with Gasteiger partial charge in [-0.15, -0.1) is 11.8 Å². The number of phenols is 1. The zero-order valence-corrected chi connectivity index (χ0v) is 20.7. The third-order valence-corrected chi connectivity index (χ3v) is 6.12. The van der Waals surface area contributed by atoms with Gasteiger partial charge in [0.05, 0.1) is 6.54 Å². The molecule has 0 radical (unpaired) electrons. The number of hydrogen-bond donors (Lipinski definition) is 5. The molecule has 0 fully saturated rings. The minimum atomic E-state index is -1.12. The van der Waals surface area contributed by atoms with Crippen molar-refractivity contribution in [3.63, 3.8) is 0 Å². The molecule has 10 heteroatoms. The molecular formula is C27H26FN3O5S. The van der Waals surface area contributed by atoms with Gasteiger partial charge in [-0.05, 0) is 65.4 Å². The zero-order chi connectivity index (χ0) is 26.8. The summed E-state index contributed by atoms with van der Waals surface area (Å²) in [5.74, 6) is -2.48. The summed E-state index contributed by atoms with van der Waals surface area (Å²) in [6.45, 7) is -0.451. The largest absolute Gasteiger partial charge is 0.508 e. The average Bonchev–Trinajstić information content (AvgIpc) is 2.91. The molecule has 0 aliphatic rings. The summed E-state index contributed by atoms with van der Waals surface area (Å²) < 4.78 is 13.5. The van der Waals surface area contributed by atoms with E-state index >= 15 is 0 Å². The van der Waals surface area contributed by atoms with E-state index in [2.05, 4.69) is 10.6 Å². The first-order valence-corrected chi connectivity index (χ1v) is 12.4. The smallest absolute Gasteiger partial charge is 0.266 e. The normalized spacial score (nSPS) is 11.9. The van der Waals surface area contributed by atoms with Crippen LogP contribution in [0.4, 0.5) is 4.39 Å². The van der Waals surface area contributed by atoms with Crippen molar-refractivity contribution in [1.29, 1.82) is 0 Å². The maximum Gasteiger partial charge on any atom is 0.266 e. The van der Waals surface area contributed by atoms with Gasteiger partial charge in [-0.3, -0.25) is 19.6 Å². The molecular weight excluding hydrogens is 497 g/mol. The first-order chi connectivity index (χ1) is 17.8. The highest BCUT2D eigenvalue weighted by Crippen LogP contribution is 2.21. The van der Waals surface area contributed by atoms with Gasteiger partial charge in [-0.2, -0.15) is 0 Å². The van der Waals surface area contributed by atoms with Gasteiger partial charge >= 0.3 is 0 Å². The van der Waals surface area contributed by atoms with E-state index in [1.807, 2.05) is 30.5 Å². The molecule has 37 heavy (non-hydrogen) atoms. The maximum atomic E-state index is 13.5. The lowest BCUT2D eigenvalue weighted by Gasteiger charge is -2.17. The number of thioether (sulfide) groups is 1. The summed E-state index contributed by atoms with van der Waals surface area (Å²) in [4.78, 5) is 38.7. The van der Waals surface area contributed by atoms with E-state index < -0.39 is 36.1 Å². The van der Waals surface area contributed by atoms with E-state index in [0.29, 0.717) is 11.1 Å². The molecule has 0 saturated carbocycles. The summed E-state index contributed by atoms with van der Waals surface area (Å²) in [5, 5.41) is 23.5. The van der Waals surface area contributed by atoms with Crippen molar-refractivity contribution in [1.82, 2.24) is 16.1 Å². The van der Waals surface area contributed by atoms with E-state index in [1.54, 1.807) is 30.0 Å². The third-order valence-electron chi connectivity index (χ3n) is 5.37. The number of aromatic hydroxyl groups is 1. The highest BCUT2D eigenvalue weighted by molar-refractivity contribution is 7.98. The van der Waals surface area contributed by atoms with Crippen LogP contribution in [0.3, 0.4) is 0 Å². The molecule has 0 saturated heterocycles. The Balaban J connectivity index is 1.72. The number of benzene rings is 3. The number of amides is 3. The minimum Gasteiger partial charge on any atom is -0.508 e. The van der Waals surface area contributed by atoms with Crippen molar-refractivity contribution in [2.45, 2.75) is 17.4 Å². The number of phenolic OH excluding ortho intramolecular Hbond substituents is 1.